The van der Waals surface area contributed by atoms with Crippen molar-refractivity contribution in [1.29, 1.82) is 0 Å². The van der Waals surface area contributed by atoms with E-state index < -0.39 is 23.5 Å². The third kappa shape index (κ3) is 4.01. The van der Waals surface area contributed by atoms with Gasteiger partial charge in [0.2, 0.25) is 11.8 Å². The van der Waals surface area contributed by atoms with Gasteiger partial charge in [0.05, 0.1) is 22.7 Å². The Kier molecular flexibility index (Phi) is 5.53. The standard InChI is InChI=1S/C28H22FN3O3/c1-16-6-5-9-20(17(16)2)28(35)30-23-12-11-19(14-22(23)29)32-24-13-10-18-7-3-4-8-21(18)27(24)31-25(33)15-26(32)34/h3-14H,15H2,1-2H3,(H,30,35)(H,31,33). The van der Waals surface area contributed by atoms with Crippen LogP contribution in [-0.2, 0) is 9.59 Å². The van der Waals surface area contributed by atoms with Gasteiger partial charge in [-0.1, -0.05) is 42.5 Å². The van der Waals surface area contributed by atoms with Gasteiger partial charge in [-0.2, -0.15) is 0 Å². The average Bonchev–Trinajstić information content (AvgIpc) is 2.96. The van der Waals surface area contributed by atoms with Crippen LogP contribution < -0.4 is 15.5 Å². The summed E-state index contributed by atoms with van der Waals surface area (Å²) in [4.78, 5) is 39.5. The average molecular weight is 468 g/mol. The Labute approximate surface area is 201 Å². The van der Waals surface area contributed by atoms with Gasteiger partial charge in [-0.05, 0) is 54.6 Å². The van der Waals surface area contributed by atoms with Crippen LogP contribution in [0.1, 0.15) is 27.9 Å². The number of hydrogen-bond donors (Lipinski definition) is 2. The second-order valence-corrected chi connectivity index (χ2v) is 8.50. The molecule has 2 N–H and O–H groups in total. The van der Waals surface area contributed by atoms with Crippen molar-refractivity contribution in [2.75, 3.05) is 15.5 Å². The fourth-order valence-electron chi connectivity index (χ4n) is 4.33. The number of amides is 3. The van der Waals surface area contributed by atoms with Crippen LogP contribution in [0.25, 0.3) is 10.8 Å². The van der Waals surface area contributed by atoms with Crippen molar-refractivity contribution in [3.63, 3.8) is 0 Å². The van der Waals surface area contributed by atoms with Crippen LogP contribution in [-0.4, -0.2) is 17.7 Å². The van der Waals surface area contributed by atoms with Gasteiger partial charge in [0, 0.05) is 17.0 Å². The summed E-state index contributed by atoms with van der Waals surface area (Å²) >= 11 is 0. The molecule has 1 heterocycles. The zero-order valence-electron chi connectivity index (χ0n) is 19.2. The Morgan fingerprint density at radius 3 is 2.57 bits per heavy atom. The fraction of sp³-hybridized carbons (Fsp3) is 0.107. The Morgan fingerprint density at radius 1 is 0.971 bits per heavy atom. The van der Waals surface area contributed by atoms with Crippen molar-refractivity contribution in [1.82, 2.24) is 0 Å². The predicted octanol–water partition coefficient (Wildman–Crippen LogP) is 5.85. The zero-order valence-corrected chi connectivity index (χ0v) is 19.2. The largest absolute Gasteiger partial charge is 0.323 e. The number of nitrogens with zero attached hydrogens (tertiary/aromatic N) is 1. The topological polar surface area (TPSA) is 78.5 Å². The lowest BCUT2D eigenvalue weighted by molar-refractivity contribution is -0.124. The smallest absolute Gasteiger partial charge is 0.256 e. The van der Waals surface area contributed by atoms with E-state index in [0.29, 0.717) is 16.9 Å². The van der Waals surface area contributed by atoms with Gasteiger partial charge in [0.15, 0.2) is 0 Å². The summed E-state index contributed by atoms with van der Waals surface area (Å²) in [6, 6.07) is 20.6. The minimum atomic E-state index is -0.695. The third-order valence-electron chi connectivity index (χ3n) is 6.28. The van der Waals surface area contributed by atoms with Crippen molar-refractivity contribution in [2.45, 2.75) is 20.3 Å². The van der Waals surface area contributed by atoms with E-state index in [2.05, 4.69) is 10.6 Å². The van der Waals surface area contributed by atoms with Crippen LogP contribution >= 0.6 is 0 Å². The first kappa shape index (κ1) is 22.3. The van der Waals surface area contributed by atoms with Crippen molar-refractivity contribution in [3.8, 4) is 0 Å². The monoisotopic (exact) mass is 467 g/mol. The first-order chi connectivity index (χ1) is 16.8. The summed E-state index contributed by atoms with van der Waals surface area (Å²) in [5, 5.41) is 7.11. The van der Waals surface area contributed by atoms with E-state index >= 15 is 4.39 Å². The number of rotatable bonds is 3. The Balaban J connectivity index is 1.53. The van der Waals surface area contributed by atoms with Crippen LogP contribution in [0.15, 0.2) is 72.8 Å². The van der Waals surface area contributed by atoms with Crippen molar-refractivity contribution in [2.24, 2.45) is 0 Å². The minimum Gasteiger partial charge on any atom is -0.323 e. The number of anilines is 4. The number of fused-ring (bicyclic) bond motifs is 3. The lowest BCUT2D eigenvalue weighted by atomic mass is 10.0. The predicted molar refractivity (Wildman–Crippen MR) is 135 cm³/mol. The molecule has 7 heteroatoms. The van der Waals surface area contributed by atoms with E-state index in [1.807, 2.05) is 50.2 Å². The Morgan fingerprint density at radius 2 is 1.77 bits per heavy atom. The molecule has 0 fully saturated rings. The zero-order chi connectivity index (χ0) is 24.7. The highest BCUT2D eigenvalue weighted by Crippen LogP contribution is 2.40. The summed E-state index contributed by atoms with van der Waals surface area (Å²) in [5.74, 6) is -2.04. The molecule has 0 aromatic heterocycles. The van der Waals surface area contributed by atoms with Crippen LogP contribution in [0.4, 0.5) is 27.1 Å². The summed E-state index contributed by atoms with van der Waals surface area (Å²) < 4.78 is 15.2. The molecule has 1 aliphatic rings. The van der Waals surface area contributed by atoms with Gasteiger partial charge < -0.3 is 10.6 Å². The molecule has 0 saturated heterocycles. The normalized spacial score (nSPS) is 13.3. The first-order valence-corrected chi connectivity index (χ1v) is 11.1. The van der Waals surface area contributed by atoms with Gasteiger partial charge >= 0.3 is 0 Å². The molecule has 0 aliphatic carbocycles. The van der Waals surface area contributed by atoms with E-state index in [1.165, 1.54) is 17.0 Å². The molecule has 0 spiro atoms. The SMILES string of the molecule is Cc1cccc(C(=O)Nc2ccc(N3C(=O)CC(=O)Nc4c3ccc3ccccc43)cc2F)c1C. The maximum atomic E-state index is 15.2. The number of halogens is 1. The molecule has 0 unspecified atom stereocenters. The van der Waals surface area contributed by atoms with E-state index in [-0.39, 0.29) is 17.8 Å². The van der Waals surface area contributed by atoms with Gasteiger partial charge in [-0.3, -0.25) is 19.3 Å². The molecular formula is C28H22FN3O3. The fourth-order valence-corrected chi connectivity index (χ4v) is 4.33. The second kappa shape index (κ2) is 8.68. The minimum absolute atomic E-state index is 0.00476. The molecule has 3 amide bonds. The molecule has 0 bridgehead atoms. The molecule has 0 saturated carbocycles. The highest BCUT2D eigenvalue weighted by molar-refractivity contribution is 6.21. The third-order valence-corrected chi connectivity index (χ3v) is 6.28. The Hall–Kier alpha value is -4.52. The molecule has 1 aliphatic heterocycles. The summed E-state index contributed by atoms with van der Waals surface area (Å²) in [6.45, 7) is 3.74. The first-order valence-electron chi connectivity index (χ1n) is 11.1. The van der Waals surface area contributed by atoms with E-state index in [4.69, 9.17) is 0 Å². The van der Waals surface area contributed by atoms with E-state index in [1.54, 1.807) is 24.3 Å². The molecule has 4 aromatic carbocycles. The summed E-state index contributed by atoms with van der Waals surface area (Å²) in [5.41, 5.74) is 3.43. The Bertz CT molecular complexity index is 1530. The van der Waals surface area contributed by atoms with Crippen LogP contribution in [0.5, 0.6) is 0 Å². The lowest BCUT2D eigenvalue weighted by Gasteiger charge is -2.24. The van der Waals surface area contributed by atoms with Gasteiger partial charge in [-0.25, -0.2) is 4.39 Å². The number of nitrogens with one attached hydrogen (secondary N) is 2. The highest BCUT2D eigenvalue weighted by Gasteiger charge is 2.29. The number of benzene rings is 4. The summed E-state index contributed by atoms with van der Waals surface area (Å²) in [6.07, 6.45) is -0.379. The lowest BCUT2D eigenvalue weighted by Crippen LogP contribution is -2.26. The van der Waals surface area contributed by atoms with Crippen molar-refractivity contribution in [3.05, 3.63) is 95.3 Å². The summed E-state index contributed by atoms with van der Waals surface area (Å²) in [7, 11) is 0. The van der Waals surface area contributed by atoms with Crippen LogP contribution in [0.3, 0.4) is 0 Å². The number of hydrogen-bond acceptors (Lipinski definition) is 3. The van der Waals surface area contributed by atoms with Crippen LogP contribution in [0, 0.1) is 19.7 Å². The van der Waals surface area contributed by atoms with Crippen LogP contribution in [0.2, 0.25) is 0 Å². The molecule has 6 nitrogen and oxygen atoms in total. The van der Waals surface area contributed by atoms with Crippen molar-refractivity contribution >= 4 is 51.2 Å². The quantitative estimate of drug-likeness (QED) is 0.371. The molecule has 174 valence electrons. The number of aryl methyl sites for hydroxylation is 1. The second-order valence-electron chi connectivity index (χ2n) is 8.50. The molecule has 35 heavy (non-hydrogen) atoms. The molecule has 5 rings (SSSR count). The van der Waals surface area contributed by atoms with E-state index in [0.717, 1.165) is 21.9 Å². The van der Waals surface area contributed by atoms with Gasteiger partial charge in [0.1, 0.15) is 12.2 Å². The number of carbonyl (C=O) groups is 3. The highest BCUT2D eigenvalue weighted by atomic mass is 19.1. The van der Waals surface area contributed by atoms with Crippen molar-refractivity contribution < 1.29 is 18.8 Å². The molecule has 0 atom stereocenters. The van der Waals surface area contributed by atoms with Gasteiger partial charge in [0.25, 0.3) is 5.91 Å². The molecular weight excluding hydrogens is 445 g/mol. The van der Waals surface area contributed by atoms with E-state index in [9.17, 15) is 14.4 Å². The van der Waals surface area contributed by atoms with Gasteiger partial charge in [-0.15, -0.1) is 0 Å². The number of carbonyl (C=O) groups excluding carboxylic acids is 3. The maximum absolute atomic E-state index is 15.2. The molecule has 0 radical (unpaired) electrons. The maximum Gasteiger partial charge on any atom is 0.256 e. The molecule has 4 aromatic rings.